The molecule has 0 fully saturated rings. The van der Waals surface area contributed by atoms with Crippen LogP contribution in [0.3, 0.4) is 0 Å². The molecule has 2 aromatic rings. The third-order valence-electron chi connectivity index (χ3n) is 3.02. The second kappa shape index (κ2) is 7.02. The lowest BCUT2D eigenvalue weighted by atomic mass is 10.00. The van der Waals surface area contributed by atoms with E-state index in [1.807, 2.05) is 0 Å². The molecule has 0 saturated carbocycles. The summed E-state index contributed by atoms with van der Waals surface area (Å²) in [4.78, 5) is 24.4. The van der Waals surface area contributed by atoms with Crippen molar-refractivity contribution in [3.63, 3.8) is 0 Å². The van der Waals surface area contributed by atoms with Crippen LogP contribution in [0.2, 0.25) is 5.02 Å². The predicted molar refractivity (Wildman–Crippen MR) is 88.3 cm³/mol. The largest absolute Gasteiger partial charge is 0.507 e. The number of ether oxygens (including phenoxy) is 1. The molecule has 0 bridgehead atoms. The molecule has 0 spiro atoms. The summed E-state index contributed by atoms with van der Waals surface area (Å²) in [5.74, 6) is -2.00. The minimum absolute atomic E-state index is 0.0379. The van der Waals surface area contributed by atoms with Gasteiger partial charge in [-0.2, -0.15) is 0 Å². The van der Waals surface area contributed by atoms with E-state index in [0.717, 1.165) is 0 Å². The van der Waals surface area contributed by atoms with E-state index >= 15 is 0 Å². The lowest BCUT2D eigenvalue weighted by Gasteiger charge is -2.10. The van der Waals surface area contributed by atoms with E-state index in [1.54, 1.807) is 13.0 Å². The highest BCUT2D eigenvalue weighted by Gasteiger charge is 2.21. The fraction of sp³-hybridized carbons (Fsp3) is 0.125. The summed E-state index contributed by atoms with van der Waals surface area (Å²) < 4.78 is 5.43. The Morgan fingerprint density at radius 2 is 1.87 bits per heavy atom. The molecule has 2 rings (SSSR count). The molecular formula is C16H12BrClO5. The highest BCUT2D eigenvalue weighted by atomic mass is 79.9. The number of hydrogen-bond donors (Lipinski definition) is 2. The van der Waals surface area contributed by atoms with E-state index in [-0.39, 0.29) is 34.1 Å². The first-order valence-corrected chi connectivity index (χ1v) is 7.75. The average Bonchev–Trinajstić information content (AvgIpc) is 2.51. The molecule has 0 saturated heterocycles. The van der Waals surface area contributed by atoms with Crippen LogP contribution in [0.4, 0.5) is 0 Å². The van der Waals surface area contributed by atoms with E-state index in [1.165, 1.54) is 24.3 Å². The molecule has 5 nitrogen and oxygen atoms in total. The standard InChI is InChI=1S/C16H12BrClO5/c1-2-23-16(22)11-5-8(6-12(18)15(11)21)14(20)10-7-9(17)3-4-13(10)19/h3-7,19,21H,2H2,1H3. The molecule has 0 aliphatic carbocycles. The maximum atomic E-state index is 12.5. The van der Waals surface area contributed by atoms with Crippen LogP contribution in [0.5, 0.6) is 11.5 Å². The third kappa shape index (κ3) is 3.65. The molecule has 0 aromatic heterocycles. The van der Waals surface area contributed by atoms with Gasteiger partial charge in [-0.05, 0) is 37.3 Å². The molecule has 0 atom stereocenters. The normalized spacial score (nSPS) is 10.4. The summed E-state index contributed by atoms with van der Waals surface area (Å²) in [6, 6.07) is 6.80. The number of halogens is 2. The van der Waals surface area contributed by atoms with E-state index in [0.29, 0.717) is 4.47 Å². The average molecular weight is 400 g/mol. The Labute approximate surface area is 145 Å². The number of benzene rings is 2. The van der Waals surface area contributed by atoms with Crippen molar-refractivity contribution in [2.45, 2.75) is 6.92 Å². The van der Waals surface area contributed by atoms with Crippen molar-refractivity contribution in [2.24, 2.45) is 0 Å². The van der Waals surface area contributed by atoms with Crippen molar-refractivity contribution in [3.8, 4) is 11.5 Å². The van der Waals surface area contributed by atoms with Gasteiger partial charge in [-0.1, -0.05) is 27.5 Å². The molecule has 2 N–H and O–H groups in total. The van der Waals surface area contributed by atoms with Gasteiger partial charge in [-0.15, -0.1) is 0 Å². The van der Waals surface area contributed by atoms with Crippen LogP contribution in [0.15, 0.2) is 34.8 Å². The van der Waals surface area contributed by atoms with Crippen molar-refractivity contribution in [2.75, 3.05) is 6.61 Å². The number of aromatic hydroxyl groups is 2. The highest BCUT2D eigenvalue weighted by molar-refractivity contribution is 9.10. The summed E-state index contributed by atoms with van der Waals surface area (Å²) in [7, 11) is 0. The minimum Gasteiger partial charge on any atom is -0.507 e. The Bertz CT molecular complexity index is 788. The molecule has 0 heterocycles. The second-order valence-corrected chi connectivity index (χ2v) is 5.89. The maximum absolute atomic E-state index is 12.5. The summed E-state index contributed by atoms with van der Waals surface area (Å²) in [5.41, 5.74) is -0.127. The van der Waals surface area contributed by atoms with Crippen molar-refractivity contribution < 1.29 is 24.5 Å². The number of ketones is 1. The predicted octanol–water partition coefficient (Wildman–Crippen LogP) is 3.92. The van der Waals surface area contributed by atoms with Crippen LogP contribution >= 0.6 is 27.5 Å². The first-order valence-electron chi connectivity index (χ1n) is 6.58. The number of hydrogen-bond acceptors (Lipinski definition) is 5. The minimum atomic E-state index is -0.792. The number of carbonyl (C=O) groups is 2. The van der Waals surface area contributed by atoms with Crippen LogP contribution in [-0.4, -0.2) is 28.6 Å². The summed E-state index contributed by atoms with van der Waals surface area (Å²) >= 11 is 9.10. The maximum Gasteiger partial charge on any atom is 0.341 e. The van der Waals surface area contributed by atoms with Gasteiger partial charge < -0.3 is 14.9 Å². The van der Waals surface area contributed by atoms with Crippen molar-refractivity contribution in [1.29, 1.82) is 0 Å². The van der Waals surface area contributed by atoms with Gasteiger partial charge in [0.1, 0.15) is 17.1 Å². The molecule has 0 aliphatic rings. The van der Waals surface area contributed by atoms with Crippen LogP contribution < -0.4 is 0 Å². The fourth-order valence-corrected chi connectivity index (χ4v) is 2.52. The Morgan fingerprint density at radius 1 is 1.17 bits per heavy atom. The van der Waals surface area contributed by atoms with Crippen molar-refractivity contribution in [1.82, 2.24) is 0 Å². The fourth-order valence-electron chi connectivity index (χ4n) is 1.94. The van der Waals surface area contributed by atoms with E-state index in [4.69, 9.17) is 16.3 Å². The van der Waals surface area contributed by atoms with Crippen molar-refractivity contribution in [3.05, 3.63) is 56.5 Å². The highest BCUT2D eigenvalue weighted by Crippen LogP contribution is 2.32. The van der Waals surface area contributed by atoms with Gasteiger partial charge in [0.15, 0.2) is 5.78 Å². The van der Waals surface area contributed by atoms with Crippen LogP contribution in [0.1, 0.15) is 33.2 Å². The Morgan fingerprint density at radius 3 is 2.52 bits per heavy atom. The van der Waals surface area contributed by atoms with E-state index in [2.05, 4.69) is 15.9 Å². The Hall–Kier alpha value is -2.05. The topological polar surface area (TPSA) is 83.8 Å². The molecule has 0 amide bonds. The zero-order valence-electron chi connectivity index (χ0n) is 12.0. The molecule has 0 unspecified atom stereocenters. The van der Waals surface area contributed by atoms with Gasteiger partial charge in [-0.25, -0.2) is 4.79 Å². The number of phenolic OH excluding ortho intramolecular Hbond substituents is 2. The molecule has 0 radical (unpaired) electrons. The smallest absolute Gasteiger partial charge is 0.341 e. The number of carbonyl (C=O) groups excluding carboxylic acids is 2. The van der Waals surface area contributed by atoms with Crippen LogP contribution in [-0.2, 0) is 4.74 Å². The zero-order chi connectivity index (χ0) is 17.1. The van der Waals surface area contributed by atoms with Gasteiger partial charge in [0.2, 0.25) is 0 Å². The molecule has 0 aliphatic heterocycles. The monoisotopic (exact) mass is 398 g/mol. The number of esters is 1. The lowest BCUT2D eigenvalue weighted by molar-refractivity contribution is 0.0523. The SMILES string of the molecule is CCOC(=O)c1cc(C(=O)c2cc(Br)ccc2O)cc(Cl)c1O. The summed E-state index contributed by atoms with van der Waals surface area (Å²) in [6.45, 7) is 1.73. The van der Waals surface area contributed by atoms with Crippen LogP contribution in [0, 0.1) is 0 Å². The lowest BCUT2D eigenvalue weighted by Crippen LogP contribution is -2.08. The Balaban J connectivity index is 2.53. The van der Waals surface area contributed by atoms with Crippen molar-refractivity contribution >= 4 is 39.3 Å². The summed E-state index contributed by atoms with van der Waals surface area (Å²) in [5, 5.41) is 19.5. The first-order chi connectivity index (χ1) is 10.8. The van der Waals surface area contributed by atoms with Gasteiger partial charge in [0, 0.05) is 10.0 Å². The van der Waals surface area contributed by atoms with Gasteiger partial charge in [-0.3, -0.25) is 4.79 Å². The molecule has 120 valence electrons. The molecule has 2 aromatic carbocycles. The number of phenols is 2. The van der Waals surface area contributed by atoms with E-state index in [9.17, 15) is 19.8 Å². The van der Waals surface area contributed by atoms with Gasteiger partial charge in [0.05, 0.1) is 17.2 Å². The van der Waals surface area contributed by atoms with Gasteiger partial charge >= 0.3 is 5.97 Å². The third-order valence-corrected chi connectivity index (χ3v) is 3.81. The number of rotatable bonds is 4. The van der Waals surface area contributed by atoms with Gasteiger partial charge in [0.25, 0.3) is 0 Å². The van der Waals surface area contributed by atoms with E-state index < -0.39 is 17.5 Å². The second-order valence-electron chi connectivity index (χ2n) is 4.57. The Kier molecular flexibility index (Phi) is 5.28. The quantitative estimate of drug-likeness (QED) is 0.601. The molecule has 7 heteroatoms. The first kappa shape index (κ1) is 17.3. The zero-order valence-corrected chi connectivity index (χ0v) is 14.3. The molecular weight excluding hydrogens is 388 g/mol. The summed E-state index contributed by atoms with van der Waals surface area (Å²) in [6.07, 6.45) is 0. The molecule has 23 heavy (non-hydrogen) atoms. The van der Waals surface area contributed by atoms with Crippen LogP contribution in [0.25, 0.3) is 0 Å².